The van der Waals surface area contributed by atoms with E-state index in [0.717, 1.165) is 18.6 Å². The van der Waals surface area contributed by atoms with Gasteiger partial charge in [-0.05, 0) is 18.6 Å². The second kappa shape index (κ2) is 7.80. The first-order chi connectivity index (χ1) is 4.81. The Kier molecular flexibility index (Phi) is 8.35. The summed E-state index contributed by atoms with van der Waals surface area (Å²) in [5, 5.41) is 0.559. The summed E-state index contributed by atoms with van der Waals surface area (Å²) < 4.78 is 0. The Morgan fingerprint density at radius 2 is 1.90 bits per heavy atom. The van der Waals surface area contributed by atoms with Crippen molar-refractivity contribution in [2.75, 3.05) is 5.75 Å². The Morgan fingerprint density at radius 1 is 1.20 bits per heavy atom. The molecule has 0 aliphatic rings. The second-order valence-corrected chi connectivity index (χ2v) is 3.69. The zero-order valence-corrected chi connectivity index (χ0v) is 8.21. The molecule has 0 aliphatic carbocycles. The number of thiol groups is 2. The third-order valence-electron chi connectivity index (χ3n) is 1.50. The molecule has 0 amide bonds. The summed E-state index contributed by atoms with van der Waals surface area (Å²) in [5.41, 5.74) is 0. The molecule has 10 heavy (non-hydrogen) atoms. The van der Waals surface area contributed by atoms with Crippen LogP contribution in [0.25, 0.3) is 0 Å². The smallest absolute Gasteiger partial charge is 0.00245 e. The van der Waals surface area contributed by atoms with Gasteiger partial charge in [0.05, 0.1) is 0 Å². The minimum atomic E-state index is 0.559. The Balaban J connectivity index is 2.97. The van der Waals surface area contributed by atoms with Crippen molar-refractivity contribution in [1.29, 1.82) is 0 Å². The third kappa shape index (κ3) is 6.81. The van der Waals surface area contributed by atoms with Crippen LogP contribution in [0.1, 0.15) is 32.1 Å². The van der Waals surface area contributed by atoms with Gasteiger partial charge in [0.1, 0.15) is 0 Å². The summed E-state index contributed by atoms with van der Waals surface area (Å²) in [5.74, 6) is 0.957. The molecule has 0 fully saturated rings. The van der Waals surface area contributed by atoms with Gasteiger partial charge in [0.2, 0.25) is 0 Å². The van der Waals surface area contributed by atoms with E-state index >= 15 is 0 Å². The molecule has 0 nitrogen and oxygen atoms in total. The van der Waals surface area contributed by atoms with Gasteiger partial charge in [-0.2, -0.15) is 25.3 Å². The molecule has 1 radical (unpaired) electrons. The van der Waals surface area contributed by atoms with Crippen molar-refractivity contribution in [2.45, 2.75) is 37.4 Å². The van der Waals surface area contributed by atoms with Gasteiger partial charge in [0, 0.05) is 5.25 Å². The molecular weight excluding hydrogens is 160 g/mol. The summed E-state index contributed by atoms with van der Waals surface area (Å²) in [6.07, 6.45) is 5.92. The van der Waals surface area contributed by atoms with E-state index in [0.29, 0.717) is 5.25 Å². The predicted octanol–water partition coefficient (Wildman–Crippen LogP) is 3.00. The van der Waals surface area contributed by atoms with Gasteiger partial charge >= 0.3 is 0 Å². The monoisotopic (exact) mass is 177 g/mol. The molecule has 1 atom stereocenters. The molecule has 0 heterocycles. The zero-order valence-electron chi connectivity index (χ0n) is 6.42. The van der Waals surface area contributed by atoms with Gasteiger partial charge in [-0.3, -0.25) is 0 Å². The van der Waals surface area contributed by atoms with Crippen molar-refractivity contribution in [3.05, 3.63) is 6.92 Å². The maximum Gasteiger partial charge on any atom is 0.00245 e. The van der Waals surface area contributed by atoms with Gasteiger partial charge in [-0.15, -0.1) is 0 Å². The van der Waals surface area contributed by atoms with Crippen LogP contribution < -0.4 is 0 Å². The molecule has 0 bridgehead atoms. The highest BCUT2D eigenvalue weighted by atomic mass is 32.1. The fourth-order valence-electron chi connectivity index (χ4n) is 0.850. The molecule has 0 saturated heterocycles. The average Bonchev–Trinajstić information content (AvgIpc) is 1.89. The van der Waals surface area contributed by atoms with Crippen LogP contribution in [0.4, 0.5) is 0 Å². The van der Waals surface area contributed by atoms with E-state index in [9.17, 15) is 0 Å². The van der Waals surface area contributed by atoms with Crippen molar-refractivity contribution >= 4 is 25.3 Å². The number of rotatable bonds is 6. The van der Waals surface area contributed by atoms with Crippen molar-refractivity contribution in [2.24, 2.45) is 0 Å². The van der Waals surface area contributed by atoms with E-state index in [4.69, 9.17) is 0 Å². The van der Waals surface area contributed by atoms with Gasteiger partial charge in [-0.1, -0.05) is 26.2 Å². The lowest BCUT2D eigenvalue weighted by Crippen LogP contribution is -1.98. The lowest BCUT2D eigenvalue weighted by atomic mass is 10.1. The van der Waals surface area contributed by atoms with Crippen LogP contribution in [0.15, 0.2) is 0 Å². The Bertz CT molecular complexity index is 64.3. The van der Waals surface area contributed by atoms with Crippen molar-refractivity contribution < 1.29 is 0 Å². The summed E-state index contributed by atoms with van der Waals surface area (Å²) in [4.78, 5) is 0. The summed E-state index contributed by atoms with van der Waals surface area (Å²) >= 11 is 8.56. The summed E-state index contributed by atoms with van der Waals surface area (Å²) in [7, 11) is 0. The van der Waals surface area contributed by atoms with E-state index in [1.54, 1.807) is 0 Å². The van der Waals surface area contributed by atoms with Gasteiger partial charge < -0.3 is 0 Å². The average molecular weight is 177 g/mol. The predicted molar refractivity (Wildman–Crippen MR) is 55.1 cm³/mol. The first kappa shape index (κ1) is 10.7. The highest BCUT2D eigenvalue weighted by Crippen LogP contribution is 2.12. The van der Waals surface area contributed by atoms with Crippen molar-refractivity contribution in [3.63, 3.8) is 0 Å². The Labute approximate surface area is 75.6 Å². The molecule has 0 aliphatic heterocycles. The van der Waals surface area contributed by atoms with Crippen molar-refractivity contribution in [3.8, 4) is 0 Å². The molecule has 0 N–H and O–H groups in total. The van der Waals surface area contributed by atoms with E-state index in [2.05, 4.69) is 32.2 Å². The second-order valence-electron chi connectivity index (χ2n) is 2.52. The summed E-state index contributed by atoms with van der Waals surface area (Å²) in [6.45, 7) is 3.79. The molecule has 0 aromatic carbocycles. The lowest BCUT2D eigenvalue weighted by Gasteiger charge is -2.06. The molecule has 0 aromatic rings. The number of hydrogen-bond donors (Lipinski definition) is 2. The highest BCUT2D eigenvalue weighted by Gasteiger charge is 1.99. The molecule has 0 saturated carbocycles. The van der Waals surface area contributed by atoms with Crippen LogP contribution in [0.2, 0.25) is 0 Å². The SMILES string of the molecule is [CH2]CCCCC(S)CCS. The van der Waals surface area contributed by atoms with Crippen LogP contribution in [0.5, 0.6) is 0 Å². The topological polar surface area (TPSA) is 0 Å². The van der Waals surface area contributed by atoms with Crippen LogP contribution in [-0.2, 0) is 0 Å². The molecule has 1 unspecified atom stereocenters. The lowest BCUT2D eigenvalue weighted by molar-refractivity contribution is 0.654. The first-order valence-electron chi connectivity index (χ1n) is 3.89. The fraction of sp³-hybridized carbons (Fsp3) is 0.875. The van der Waals surface area contributed by atoms with Crippen molar-refractivity contribution in [1.82, 2.24) is 0 Å². The van der Waals surface area contributed by atoms with E-state index in [-0.39, 0.29) is 0 Å². The van der Waals surface area contributed by atoms with Crippen LogP contribution >= 0.6 is 25.3 Å². The van der Waals surface area contributed by atoms with Crippen LogP contribution in [-0.4, -0.2) is 11.0 Å². The van der Waals surface area contributed by atoms with E-state index in [1.165, 1.54) is 19.3 Å². The molecular formula is C8H17S2. The van der Waals surface area contributed by atoms with Crippen LogP contribution in [0.3, 0.4) is 0 Å². The first-order valence-corrected chi connectivity index (χ1v) is 5.04. The Morgan fingerprint density at radius 3 is 2.40 bits per heavy atom. The van der Waals surface area contributed by atoms with E-state index < -0.39 is 0 Å². The Hall–Kier alpha value is 0.700. The molecule has 0 rings (SSSR count). The normalized spacial score (nSPS) is 13.5. The highest BCUT2D eigenvalue weighted by molar-refractivity contribution is 7.81. The minimum absolute atomic E-state index is 0.559. The van der Waals surface area contributed by atoms with Crippen LogP contribution in [0, 0.1) is 6.92 Å². The fourth-order valence-corrected chi connectivity index (χ4v) is 1.68. The minimum Gasteiger partial charge on any atom is -0.179 e. The molecule has 0 spiro atoms. The standard InChI is InChI=1S/C8H17S2/c1-2-3-4-5-8(10)6-7-9/h8-10H,1-7H2. The number of hydrogen-bond acceptors (Lipinski definition) is 2. The molecule has 61 valence electrons. The number of unbranched alkanes of at least 4 members (excludes halogenated alkanes) is 2. The maximum absolute atomic E-state index is 4.41. The van der Waals surface area contributed by atoms with Gasteiger partial charge in [0.25, 0.3) is 0 Å². The maximum atomic E-state index is 4.41. The molecule has 2 heteroatoms. The quantitative estimate of drug-likeness (QED) is 0.452. The zero-order chi connectivity index (χ0) is 7.82. The van der Waals surface area contributed by atoms with Gasteiger partial charge in [0.15, 0.2) is 0 Å². The summed E-state index contributed by atoms with van der Waals surface area (Å²) in [6, 6.07) is 0. The molecule has 0 aromatic heterocycles. The third-order valence-corrected chi connectivity index (χ3v) is 2.27. The largest absolute Gasteiger partial charge is 0.179 e. The van der Waals surface area contributed by atoms with Gasteiger partial charge in [-0.25, -0.2) is 0 Å². The van der Waals surface area contributed by atoms with E-state index in [1.807, 2.05) is 0 Å².